The SMILES string of the molecule is Cc1nc(=O)[nH]c(C)c1CCC(=O)N1C[C@@H](c2ccccc2)O[C@@H](C(C)C)C1. The first-order chi connectivity index (χ1) is 13.3. The lowest BCUT2D eigenvalue weighted by atomic mass is 10.00. The summed E-state index contributed by atoms with van der Waals surface area (Å²) in [6.07, 6.45) is 0.868. The number of ether oxygens (including phenoxy) is 1. The molecule has 1 aromatic heterocycles. The van der Waals surface area contributed by atoms with Gasteiger partial charge in [-0.15, -0.1) is 0 Å². The number of nitrogens with zero attached hydrogens (tertiary/aromatic N) is 2. The third-order valence-electron chi connectivity index (χ3n) is 5.44. The van der Waals surface area contributed by atoms with Crippen molar-refractivity contribution in [3.63, 3.8) is 0 Å². The zero-order chi connectivity index (χ0) is 20.3. The van der Waals surface area contributed by atoms with Gasteiger partial charge >= 0.3 is 5.69 Å². The molecule has 1 saturated heterocycles. The van der Waals surface area contributed by atoms with E-state index in [1.807, 2.05) is 36.9 Å². The van der Waals surface area contributed by atoms with E-state index in [2.05, 4.69) is 35.9 Å². The van der Waals surface area contributed by atoms with Gasteiger partial charge in [-0.3, -0.25) is 4.79 Å². The molecule has 1 aromatic carbocycles. The number of morpholine rings is 1. The number of hydrogen-bond donors (Lipinski definition) is 1. The first-order valence-electron chi connectivity index (χ1n) is 9.89. The number of benzene rings is 1. The number of carbonyl (C=O) groups is 1. The fourth-order valence-corrected chi connectivity index (χ4v) is 3.73. The Balaban J connectivity index is 1.72. The van der Waals surface area contributed by atoms with E-state index >= 15 is 0 Å². The third kappa shape index (κ3) is 4.68. The number of aryl methyl sites for hydroxylation is 2. The molecule has 150 valence electrons. The number of aromatic amines is 1. The molecule has 1 fully saturated rings. The molecular formula is C22H29N3O3. The van der Waals surface area contributed by atoms with E-state index in [0.717, 1.165) is 16.8 Å². The van der Waals surface area contributed by atoms with E-state index in [1.54, 1.807) is 0 Å². The predicted octanol–water partition coefficient (Wildman–Crippen LogP) is 2.94. The number of nitrogens with one attached hydrogen (secondary N) is 1. The van der Waals surface area contributed by atoms with Gasteiger partial charge in [-0.1, -0.05) is 44.2 Å². The normalized spacial score (nSPS) is 19.8. The van der Waals surface area contributed by atoms with Gasteiger partial charge in [-0.2, -0.15) is 4.98 Å². The van der Waals surface area contributed by atoms with Gasteiger partial charge in [0.15, 0.2) is 0 Å². The minimum absolute atomic E-state index is 0.0149. The Bertz CT molecular complexity index is 850. The molecule has 2 atom stereocenters. The monoisotopic (exact) mass is 383 g/mol. The number of amides is 1. The van der Waals surface area contributed by atoms with E-state index in [9.17, 15) is 9.59 Å². The Morgan fingerprint density at radius 2 is 1.96 bits per heavy atom. The predicted molar refractivity (Wildman–Crippen MR) is 108 cm³/mol. The van der Waals surface area contributed by atoms with Gasteiger partial charge in [0.25, 0.3) is 0 Å². The quantitative estimate of drug-likeness (QED) is 0.861. The van der Waals surface area contributed by atoms with Crippen LogP contribution in [-0.2, 0) is 16.0 Å². The second kappa shape index (κ2) is 8.69. The highest BCUT2D eigenvalue weighted by Crippen LogP contribution is 2.28. The van der Waals surface area contributed by atoms with Crippen LogP contribution in [0.2, 0.25) is 0 Å². The molecule has 1 aliphatic heterocycles. The average molecular weight is 383 g/mol. The maximum atomic E-state index is 13.0. The molecule has 2 aromatic rings. The van der Waals surface area contributed by atoms with E-state index in [1.165, 1.54) is 0 Å². The van der Waals surface area contributed by atoms with Crippen molar-refractivity contribution in [1.82, 2.24) is 14.9 Å². The van der Waals surface area contributed by atoms with Crippen LogP contribution in [0, 0.1) is 19.8 Å². The summed E-state index contributed by atoms with van der Waals surface area (Å²) in [6.45, 7) is 9.09. The molecular weight excluding hydrogens is 354 g/mol. The van der Waals surface area contributed by atoms with Crippen molar-refractivity contribution in [3.05, 3.63) is 63.3 Å². The summed E-state index contributed by atoms with van der Waals surface area (Å²) in [5.74, 6) is 0.439. The minimum Gasteiger partial charge on any atom is -0.366 e. The molecule has 1 N–H and O–H groups in total. The molecule has 6 heteroatoms. The van der Waals surface area contributed by atoms with Gasteiger partial charge in [0, 0.05) is 24.4 Å². The van der Waals surface area contributed by atoms with Crippen molar-refractivity contribution in [1.29, 1.82) is 0 Å². The third-order valence-corrected chi connectivity index (χ3v) is 5.44. The highest BCUT2D eigenvalue weighted by molar-refractivity contribution is 5.76. The molecule has 0 saturated carbocycles. The van der Waals surface area contributed by atoms with Crippen LogP contribution >= 0.6 is 0 Å². The molecule has 28 heavy (non-hydrogen) atoms. The van der Waals surface area contributed by atoms with Gasteiger partial charge in [0.1, 0.15) is 6.10 Å². The smallest absolute Gasteiger partial charge is 0.345 e. The fourth-order valence-electron chi connectivity index (χ4n) is 3.73. The van der Waals surface area contributed by atoms with E-state index < -0.39 is 0 Å². The summed E-state index contributed by atoms with van der Waals surface area (Å²) < 4.78 is 6.28. The summed E-state index contributed by atoms with van der Waals surface area (Å²) in [4.78, 5) is 33.1. The van der Waals surface area contributed by atoms with Crippen molar-refractivity contribution in [2.24, 2.45) is 5.92 Å². The van der Waals surface area contributed by atoms with Crippen molar-refractivity contribution in [2.45, 2.75) is 52.7 Å². The summed E-state index contributed by atoms with van der Waals surface area (Å²) in [7, 11) is 0. The fraction of sp³-hybridized carbons (Fsp3) is 0.500. The van der Waals surface area contributed by atoms with Crippen LogP contribution in [0.25, 0.3) is 0 Å². The van der Waals surface area contributed by atoms with Crippen molar-refractivity contribution >= 4 is 5.91 Å². The molecule has 1 aliphatic rings. The number of carbonyl (C=O) groups excluding carboxylic acids is 1. The van der Waals surface area contributed by atoms with Crippen LogP contribution in [0.4, 0.5) is 0 Å². The Morgan fingerprint density at radius 1 is 1.25 bits per heavy atom. The zero-order valence-electron chi connectivity index (χ0n) is 17.1. The highest BCUT2D eigenvalue weighted by Gasteiger charge is 2.32. The lowest BCUT2D eigenvalue weighted by Crippen LogP contribution is -2.48. The van der Waals surface area contributed by atoms with Gasteiger partial charge in [0.2, 0.25) is 5.91 Å². The van der Waals surface area contributed by atoms with E-state index in [0.29, 0.717) is 37.5 Å². The van der Waals surface area contributed by atoms with Crippen LogP contribution in [0.1, 0.15) is 48.9 Å². The molecule has 6 nitrogen and oxygen atoms in total. The van der Waals surface area contributed by atoms with Gasteiger partial charge < -0.3 is 14.6 Å². The topological polar surface area (TPSA) is 75.3 Å². The molecule has 0 bridgehead atoms. The zero-order valence-corrected chi connectivity index (χ0v) is 17.1. The second-order valence-electron chi connectivity index (χ2n) is 7.85. The summed E-state index contributed by atoms with van der Waals surface area (Å²) >= 11 is 0. The Kier molecular flexibility index (Phi) is 6.29. The molecule has 1 amide bonds. The van der Waals surface area contributed by atoms with Crippen LogP contribution in [-0.4, -0.2) is 40.0 Å². The number of hydrogen-bond acceptors (Lipinski definition) is 4. The average Bonchev–Trinajstić information content (AvgIpc) is 2.67. The number of rotatable bonds is 5. The maximum Gasteiger partial charge on any atom is 0.345 e. The first-order valence-corrected chi connectivity index (χ1v) is 9.89. The van der Waals surface area contributed by atoms with Gasteiger partial charge in [-0.05, 0) is 37.3 Å². The lowest BCUT2D eigenvalue weighted by Gasteiger charge is -2.40. The highest BCUT2D eigenvalue weighted by atomic mass is 16.5. The summed E-state index contributed by atoms with van der Waals surface area (Å²) in [6, 6.07) is 10.1. The Hall–Kier alpha value is -2.47. The van der Waals surface area contributed by atoms with Crippen molar-refractivity contribution in [2.75, 3.05) is 13.1 Å². The minimum atomic E-state index is -0.344. The molecule has 0 spiro atoms. The standard InChI is InChI=1S/C22H29N3O3/c1-14(2)19-12-25(13-20(28-19)17-8-6-5-7-9-17)21(26)11-10-18-15(3)23-22(27)24-16(18)4/h5-9,14,19-20H,10-13H2,1-4H3,(H,23,24,27)/t19-,20+/m1/s1. The largest absolute Gasteiger partial charge is 0.366 e. The first kappa shape index (κ1) is 20.3. The maximum absolute atomic E-state index is 13.0. The summed E-state index contributed by atoms with van der Waals surface area (Å²) in [5.41, 5.74) is 3.18. The van der Waals surface area contributed by atoms with Crippen LogP contribution in [0.3, 0.4) is 0 Å². The van der Waals surface area contributed by atoms with Gasteiger partial charge in [-0.25, -0.2) is 4.79 Å². The molecule has 0 unspecified atom stereocenters. The molecule has 0 radical (unpaired) electrons. The van der Waals surface area contributed by atoms with Crippen molar-refractivity contribution < 1.29 is 9.53 Å². The van der Waals surface area contributed by atoms with Crippen LogP contribution in [0.15, 0.2) is 35.1 Å². The molecule has 0 aliphatic carbocycles. The van der Waals surface area contributed by atoms with E-state index in [-0.39, 0.29) is 23.8 Å². The molecule has 3 rings (SSSR count). The molecule has 2 heterocycles. The van der Waals surface area contributed by atoms with Gasteiger partial charge in [0.05, 0.1) is 12.6 Å². The number of H-pyrrole nitrogens is 1. The van der Waals surface area contributed by atoms with Crippen LogP contribution in [0.5, 0.6) is 0 Å². The van der Waals surface area contributed by atoms with E-state index in [4.69, 9.17) is 4.74 Å². The Morgan fingerprint density at radius 3 is 2.61 bits per heavy atom. The second-order valence-corrected chi connectivity index (χ2v) is 7.85. The Labute approximate surface area is 165 Å². The lowest BCUT2D eigenvalue weighted by molar-refractivity contribution is -0.150. The summed E-state index contributed by atoms with van der Waals surface area (Å²) in [5, 5.41) is 0. The van der Waals surface area contributed by atoms with Crippen LogP contribution < -0.4 is 5.69 Å². The number of aromatic nitrogens is 2. The van der Waals surface area contributed by atoms with Crippen molar-refractivity contribution in [3.8, 4) is 0 Å².